The number of hydrogen-bond donors (Lipinski definition) is 0. The zero-order chi connectivity index (χ0) is 17.8. The van der Waals surface area contributed by atoms with Crippen molar-refractivity contribution in [3.63, 3.8) is 0 Å². The van der Waals surface area contributed by atoms with Crippen molar-refractivity contribution in [2.45, 2.75) is 19.4 Å². The predicted octanol–water partition coefficient (Wildman–Crippen LogP) is 3.69. The van der Waals surface area contributed by atoms with Crippen LogP contribution >= 0.6 is 0 Å². The molecule has 0 N–H and O–H groups in total. The Bertz CT molecular complexity index is 886. The molecule has 1 aliphatic rings. The Morgan fingerprint density at radius 1 is 1.12 bits per heavy atom. The summed E-state index contributed by atoms with van der Waals surface area (Å²) in [6, 6.07) is 15.0. The molecule has 1 aromatic carbocycles. The largest absolute Gasteiger partial charge is 0.455 e. The smallest absolute Gasteiger partial charge is 0.342 e. The van der Waals surface area contributed by atoms with Gasteiger partial charge in [0.15, 0.2) is 5.76 Å². The van der Waals surface area contributed by atoms with Crippen molar-refractivity contribution in [2.24, 2.45) is 0 Å². The lowest BCUT2D eigenvalue weighted by molar-refractivity contribution is 0.0464. The lowest BCUT2D eigenvalue weighted by Gasteiger charge is -2.18. The second kappa shape index (κ2) is 7.39. The molecule has 3 aromatic rings. The van der Waals surface area contributed by atoms with Gasteiger partial charge in [0.05, 0.1) is 0 Å². The van der Waals surface area contributed by atoms with Gasteiger partial charge in [-0.2, -0.15) is 0 Å². The van der Waals surface area contributed by atoms with Crippen LogP contribution in [0.4, 0.5) is 5.82 Å². The van der Waals surface area contributed by atoms with E-state index in [0.29, 0.717) is 22.8 Å². The molecule has 1 saturated heterocycles. The van der Waals surface area contributed by atoms with Crippen LogP contribution in [0.5, 0.6) is 0 Å². The summed E-state index contributed by atoms with van der Waals surface area (Å²) in [5.74, 6) is 0.945. The Labute approximate surface area is 151 Å². The number of anilines is 1. The van der Waals surface area contributed by atoms with Crippen molar-refractivity contribution >= 4 is 11.8 Å². The first kappa shape index (κ1) is 16.3. The third kappa shape index (κ3) is 3.44. The molecular formula is C20H19N3O3. The molecule has 4 rings (SSSR count). The van der Waals surface area contributed by atoms with E-state index in [2.05, 4.69) is 15.0 Å². The van der Waals surface area contributed by atoms with Crippen LogP contribution in [0.15, 0.2) is 59.3 Å². The second-order valence-corrected chi connectivity index (χ2v) is 6.19. The number of esters is 1. The van der Waals surface area contributed by atoms with E-state index >= 15 is 0 Å². The first-order valence-corrected chi connectivity index (χ1v) is 8.69. The average molecular weight is 349 g/mol. The molecule has 2 aromatic heterocycles. The minimum absolute atomic E-state index is 0.0590. The van der Waals surface area contributed by atoms with E-state index < -0.39 is 5.97 Å². The van der Waals surface area contributed by atoms with Crippen LogP contribution in [0.3, 0.4) is 0 Å². The SMILES string of the molecule is O=C(OCc1cc(-c2ccccc2)on1)c1cccnc1N1CCCC1. The number of rotatable bonds is 5. The maximum atomic E-state index is 12.5. The summed E-state index contributed by atoms with van der Waals surface area (Å²) < 4.78 is 10.8. The molecule has 0 unspecified atom stereocenters. The number of aromatic nitrogens is 2. The van der Waals surface area contributed by atoms with Crippen LogP contribution in [0.2, 0.25) is 0 Å². The number of pyridine rings is 1. The van der Waals surface area contributed by atoms with Crippen molar-refractivity contribution in [1.29, 1.82) is 0 Å². The summed E-state index contributed by atoms with van der Waals surface area (Å²) >= 11 is 0. The van der Waals surface area contributed by atoms with Gasteiger partial charge in [0.2, 0.25) is 0 Å². The van der Waals surface area contributed by atoms with Crippen LogP contribution in [-0.4, -0.2) is 29.2 Å². The van der Waals surface area contributed by atoms with Gasteiger partial charge in [0, 0.05) is 30.9 Å². The Balaban J connectivity index is 1.44. The molecule has 0 radical (unpaired) electrons. The summed E-state index contributed by atoms with van der Waals surface area (Å²) in [6.07, 6.45) is 3.94. The van der Waals surface area contributed by atoms with Crippen molar-refractivity contribution < 1.29 is 14.1 Å². The molecular weight excluding hydrogens is 330 g/mol. The molecule has 0 atom stereocenters. The van der Waals surface area contributed by atoms with E-state index in [1.807, 2.05) is 30.3 Å². The molecule has 1 aliphatic heterocycles. The fourth-order valence-corrected chi connectivity index (χ4v) is 3.07. The summed E-state index contributed by atoms with van der Waals surface area (Å²) in [5, 5.41) is 3.98. The number of hydrogen-bond acceptors (Lipinski definition) is 6. The molecule has 0 spiro atoms. The van der Waals surface area contributed by atoms with Crippen LogP contribution in [0.1, 0.15) is 28.9 Å². The van der Waals surface area contributed by atoms with Crippen molar-refractivity contribution in [2.75, 3.05) is 18.0 Å². The topological polar surface area (TPSA) is 68.5 Å². The molecule has 6 nitrogen and oxygen atoms in total. The highest BCUT2D eigenvalue weighted by molar-refractivity contribution is 5.94. The minimum atomic E-state index is -0.399. The normalized spacial score (nSPS) is 13.8. The molecule has 0 saturated carbocycles. The summed E-state index contributed by atoms with van der Waals surface area (Å²) in [6.45, 7) is 1.89. The monoisotopic (exact) mass is 349 g/mol. The Kier molecular flexibility index (Phi) is 4.64. The molecule has 1 fully saturated rings. The van der Waals surface area contributed by atoms with Crippen molar-refractivity contribution in [1.82, 2.24) is 10.1 Å². The Morgan fingerprint density at radius 3 is 2.73 bits per heavy atom. The molecule has 0 aliphatic carbocycles. The number of carbonyl (C=O) groups excluding carboxylic acids is 1. The van der Waals surface area contributed by atoms with Gasteiger partial charge in [0.25, 0.3) is 0 Å². The average Bonchev–Trinajstić information content (AvgIpc) is 3.39. The number of ether oxygens (including phenoxy) is 1. The third-order valence-corrected chi connectivity index (χ3v) is 4.38. The third-order valence-electron chi connectivity index (χ3n) is 4.38. The zero-order valence-corrected chi connectivity index (χ0v) is 14.3. The van der Waals surface area contributed by atoms with Gasteiger partial charge in [-0.3, -0.25) is 0 Å². The number of carbonyl (C=O) groups is 1. The highest BCUT2D eigenvalue weighted by atomic mass is 16.5. The molecule has 6 heteroatoms. The van der Waals surface area contributed by atoms with Crippen LogP contribution in [0, 0.1) is 0 Å². The molecule has 0 bridgehead atoms. The fraction of sp³-hybridized carbons (Fsp3) is 0.250. The Morgan fingerprint density at radius 2 is 1.92 bits per heavy atom. The minimum Gasteiger partial charge on any atom is -0.455 e. The molecule has 26 heavy (non-hydrogen) atoms. The Hall–Kier alpha value is -3.15. The highest BCUT2D eigenvalue weighted by Gasteiger charge is 2.21. The lowest BCUT2D eigenvalue weighted by atomic mass is 10.2. The van der Waals surface area contributed by atoms with E-state index in [-0.39, 0.29) is 6.61 Å². The molecule has 0 amide bonds. The predicted molar refractivity (Wildman–Crippen MR) is 96.7 cm³/mol. The van der Waals surface area contributed by atoms with E-state index in [0.717, 1.165) is 31.5 Å². The zero-order valence-electron chi connectivity index (χ0n) is 14.3. The van der Waals surface area contributed by atoms with Gasteiger partial charge in [-0.25, -0.2) is 9.78 Å². The van der Waals surface area contributed by atoms with Gasteiger partial charge in [-0.05, 0) is 25.0 Å². The fourth-order valence-electron chi connectivity index (χ4n) is 3.07. The highest BCUT2D eigenvalue weighted by Crippen LogP contribution is 2.24. The van der Waals surface area contributed by atoms with Crippen molar-refractivity contribution in [3.05, 3.63) is 66.0 Å². The van der Waals surface area contributed by atoms with E-state index in [1.54, 1.807) is 24.4 Å². The van der Waals surface area contributed by atoms with Gasteiger partial charge in [-0.15, -0.1) is 0 Å². The first-order chi connectivity index (χ1) is 12.8. The quantitative estimate of drug-likeness (QED) is 0.654. The van der Waals surface area contributed by atoms with E-state index in [1.165, 1.54) is 0 Å². The number of nitrogens with zero attached hydrogens (tertiary/aromatic N) is 3. The molecule has 3 heterocycles. The molecule has 132 valence electrons. The summed E-state index contributed by atoms with van der Waals surface area (Å²) in [4.78, 5) is 19.0. The van der Waals surface area contributed by atoms with E-state index in [9.17, 15) is 4.79 Å². The van der Waals surface area contributed by atoms with Crippen LogP contribution in [-0.2, 0) is 11.3 Å². The van der Waals surface area contributed by atoms with Crippen LogP contribution in [0.25, 0.3) is 11.3 Å². The van der Waals surface area contributed by atoms with Crippen LogP contribution < -0.4 is 4.90 Å². The maximum Gasteiger partial charge on any atom is 0.342 e. The summed E-state index contributed by atoms with van der Waals surface area (Å²) in [5.41, 5.74) is 1.99. The maximum absolute atomic E-state index is 12.5. The van der Waals surface area contributed by atoms with Gasteiger partial charge < -0.3 is 14.2 Å². The van der Waals surface area contributed by atoms with Gasteiger partial charge >= 0.3 is 5.97 Å². The van der Waals surface area contributed by atoms with E-state index in [4.69, 9.17) is 9.26 Å². The van der Waals surface area contributed by atoms with Crippen molar-refractivity contribution in [3.8, 4) is 11.3 Å². The number of benzene rings is 1. The second-order valence-electron chi connectivity index (χ2n) is 6.19. The van der Waals surface area contributed by atoms with Gasteiger partial charge in [0.1, 0.15) is 23.7 Å². The van der Waals surface area contributed by atoms with Gasteiger partial charge in [-0.1, -0.05) is 35.5 Å². The summed E-state index contributed by atoms with van der Waals surface area (Å²) in [7, 11) is 0. The lowest BCUT2D eigenvalue weighted by Crippen LogP contribution is -2.22. The standard InChI is InChI=1S/C20H19N3O3/c24-20(17-9-6-10-21-19(17)23-11-4-5-12-23)25-14-16-13-18(26-22-16)15-7-2-1-3-8-15/h1-3,6-10,13H,4-5,11-12,14H2. The first-order valence-electron chi connectivity index (χ1n) is 8.69.